The number of H-pyrrole nitrogens is 1. The number of nitrogens with one attached hydrogen (secondary N) is 1. The molecule has 3 rings (SSSR count). The average molecular weight is 202 g/mol. The number of imidazole rings is 1. The van der Waals surface area contributed by atoms with Crippen LogP contribution < -0.4 is 5.73 Å². The van der Waals surface area contributed by atoms with Crippen molar-refractivity contribution < 1.29 is 0 Å². The molecule has 2 unspecified atom stereocenters. The molecule has 2 atom stereocenters. The molecule has 1 aliphatic carbocycles. The lowest BCUT2D eigenvalue weighted by Crippen LogP contribution is -2.14. The number of pyridine rings is 1. The summed E-state index contributed by atoms with van der Waals surface area (Å²) in [6.07, 6.45) is 6.90. The molecule has 1 aliphatic rings. The molecule has 1 saturated carbocycles. The van der Waals surface area contributed by atoms with Gasteiger partial charge in [0.1, 0.15) is 5.82 Å². The fraction of sp³-hybridized carbons (Fsp3) is 0.455. The van der Waals surface area contributed by atoms with Gasteiger partial charge in [-0.15, -0.1) is 0 Å². The number of hydrogen-bond acceptors (Lipinski definition) is 3. The second kappa shape index (κ2) is 3.31. The van der Waals surface area contributed by atoms with Crippen molar-refractivity contribution in [3.05, 3.63) is 24.3 Å². The summed E-state index contributed by atoms with van der Waals surface area (Å²) in [6.45, 7) is 0. The van der Waals surface area contributed by atoms with Crippen LogP contribution in [0.15, 0.2) is 18.5 Å². The van der Waals surface area contributed by atoms with Gasteiger partial charge in [-0.3, -0.25) is 4.98 Å². The van der Waals surface area contributed by atoms with E-state index in [0.29, 0.717) is 12.0 Å². The van der Waals surface area contributed by atoms with E-state index < -0.39 is 0 Å². The van der Waals surface area contributed by atoms with Gasteiger partial charge in [0.25, 0.3) is 0 Å². The van der Waals surface area contributed by atoms with Crippen LogP contribution in [-0.2, 0) is 0 Å². The number of nitrogens with zero attached hydrogens (tertiary/aromatic N) is 2. The molecule has 0 amide bonds. The maximum atomic E-state index is 5.90. The fourth-order valence-corrected chi connectivity index (χ4v) is 2.33. The zero-order valence-electron chi connectivity index (χ0n) is 8.48. The van der Waals surface area contributed by atoms with Crippen LogP contribution in [-0.4, -0.2) is 21.0 Å². The van der Waals surface area contributed by atoms with Crippen molar-refractivity contribution in [3.63, 3.8) is 0 Å². The SMILES string of the molecule is NC1CCC(c2nc3ccncc3[nH]2)C1. The van der Waals surface area contributed by atoms with E-state index in [9.17, 15) is 0 Å². The first-order valence-corrected chi connectivity index (χ1v) is 5.38. The molecule has 0 radical (unpaired) electrons. The molecule has 15 heavy (non-hydrogen) atoms. The molecule has 2 aromatic rings. The van der Waals surface area contributed by atoms with Crippen molar-refractivity contribution in [3.8, 4) is 0 Å². The van der Waals surface area contributed by atoms with Crippen LogP contribution in [0.2, 0.25) is 0 Å². The van der Waals surface area contributed by atoms with Gasteiger partial charge in [-0.25, -0.2) is 4.98 Å². The van der Waals surface area contributed by atoms with Gasteiger partial charge in [-0.1, -0.05) is 0 Å². The third-order valence-corrected chi connectivity index (χ3v) is 3.16. The minimum atomic E-state index is 0.348. The Balaban J connectivity index is 1.98. The van der Waals surface area contributed by atoms with Crippen LogP contribution in [0.5, 0.6) is 0 Å². The number of aromatic nitrogens is 3. The summed E-state index contributed by atoms with van der Waals surface area (Å²) >= 11 is 0. The maximum Gasteiger partial charge on any atom is 0.110 e. The molecule has 4 nitrogen and oxygen atoms in total. The second-order valence-electron chi connectivity index (χ2n) is 4.28. The third-order valence-electron chi connectivity index (χ3n) is 3.16. The second-order valence-corrected chi connectivity index (χ2v) is 4.28. The van der Waals surface area contributed by atoms with Gasteiger partial charge in [-0.05, 0) is 25.3 Å². The van der Waals surface area contributed by atoms with E-state index in [4.69, 9.17) is 5.73 Å². The molecule has 3 N–H and O–H groups in total. The lowest BCUT2D eigenvalue weighted by molar-refractivity contribution is 0.651. The van der Waals surface area contributed by atoms with Crippen LogP contribution in [0.25, 0.3) is 11.0 Å². The maximum absolute atomic E-state index is 5.90. The van der Waals surface area contributed by atoms with Gasteiger partial charge in [0.15, 0.2) is 0 Å². The molecule has 2 heterocycles. The van der Waals surface area contributed by atoms with Crippen LogP contribution in [0, 0.1) is 0 Å². The normalized spacial score (nSPS) is 26.2. The average Bonchev–Trinajstić information content (AvgIpc) is 2.82. The Kier molecular flexibility index (Phi) is 1.95. The summed E-state index contributed by atoms with van der Waals surface area (Å²) < 4.78 is 0. The van der Waals surface area contributed by atoms with E-state index in [1.807, 2.05) is 12.3 Å². The van der Waals surface area contributed by atoms with Crippen molar-refractivity contribution in [1.82, 2.24) is 15.0 Å². The van der Waals surface area contributed by atoms with E-state index >= 15 is 0 Å². The minimum absolute atomic E-state index is 0.348. The predicted octanol–water partition coefficient (Wildman–Crippen LogP) is 1.55. The van der Waals surface area contributed by atoms with Crippen LogP contribution in [0.3, 0.4) is 0 Å². The standard InChI is InChI=1S/C11H14N4/c12-8-2-1-7(5-8)11-14-9-3-4-13-6-10(9)15-11/h3-4,6-8H,1-2,5,12H2,(H,14,15). The fourth-order valence-electron chi connectivity index (χ4n) is 2.33. The first kappa shape index (κ1) is 8.85. The molecular formula is C11H14N4. The Morgan fingerprint density at radius 2 is 2.33 bits per heavy atom. The zero-order chi connectivity index (χ0) is 10.3. The van der Waals surface area contributed by atoms with E-state index in [2.05, 4.69) is 15.0 Å². The highest BCUT2D eigenvalue weighted by Crippen LogP contribution is 2.32. The first-order chi connectivity index (χ1) is 7.33. The summed E-state index contributed by atoms with van der Waals surface area (Å²) in [4.78, 5) is 12.0. The molecule has 4 heteroatoms. The molecular weight excluding hydrogens is 188 g/mol. The van der Waals surface area contributed by atoms with Gasteiger partial charge >= 0.3 is 0 Å². The lowest BCUT2D eigenvalue weighted by atomic mass is 10.1. The minimum Gasteiger partial charge on any atom is -0.340 e. The first-order valence-electron chi connectivity index (χ1n) is 5.38. The number of aromatic amines is 1. The van der Waals surface area contributed by atoms with Crippen LogP contribution in [0.4, 0.5) is 0 Å². The van der Waals surface area contributed by atoms with Crippen molar-refractivity contribution >= 4 is 11.0 Å². The third kappa shape index (κ3) is 1.51. The number of fused-ring (bicyclic) bond motifs is 1. The Hall–Kier alpha value is -1.42. The molecule has 1 fully saturated rings. The van der Waals surface area contributed by atoms with Gasteiger partial charge in [-0.2, -0.15) is 0 Å². The van der Waals surface area contributed by atoms with Gasteiger partial charge < -0.3 is 10.7 Å². The highest BCUT2D eigenvalue weighted by atomic mass is 14.9. The Bertz CT molecular complexity index is 443. The summed E-state index contributed by atoms with van der Waals surface area (Å²) in [5.74, 6) is 1.58. The van der Waals surface area contributed by atoms with Crippen molar-refractivity contribution in [1.29, 1.82) is 0 Å². The zero-order valence-corrected chi connectivity index (χ0v) is 8.48. The Labute approximate surface area is 87.9 Å². The number of rotatable bonds is 1. The van der Waals surface area contributed by atoms with Crippen molar-refractivity contribution in [2.45, 2.75) is 31.2 Å². The molecule has 0 saturated heterocycles. The number of nitrogens with two attached hydrogens (primary N) is 1. The largest absolute Gasteiger partial charge is 0.340 e. The predicted molar refractivity (Wildman–Crippen MR) is 58.5 cm³/mol. The number of hydrogen-bond donors (Lipinski definition) is 2. The Morgan fingerprint density at radius 1 is 1.40 bits per heavy atom. The van der Waals surface area contributed by atoms with E-state index in [-0.39, 0.29) is 0 Å². The summed E-state index contributed by atoms with van der Waals surface area (Å²) in [7, 11) is 0. The molecule has 2 aromatic heterocycles. The molecule has 0 aliphatic heterocycles. The molecule has 0 spiro atoms. The highest BCUT2D eigenvalue weighted by molar-refractivity contribution is 5.73. The monoisotopic (exact) mass is 202 g/mol. The molecule has 0 aromatic carbocycles. The lowest BCUT2D eigenvalue weighted by Gasteiger charge is -2.04. The van der Waals surface area contributed by atoms with Gasteiger partial charge in [0.05, 0.1) is 17.2 Å². The van der Waals surface area contributed by atoms with E-state index in [0.717, 1.165) is 36.1 Å². The quantitative estimate of drug-likeness (QED) is 0.737. The highest BCUT2D eigenvalue weighted by Gasteiger charge is 2.25. The summed E-state index contributed by atoms with van der Waals surface area (Å²) in [5.41, 5.74) is 7.92. The van der Waals surface area contributed by atoms with E-state index in [1.54, 1.807) is 6.20 Å². The summed E-state index contributed by atoms with van der Waals surface area (Å²) in [5, 5.41) is 0. The van der Waals surface area contributed by atoms with E-state index in [1.165, 1.54) is 0 Å². The van der Waals surface area contributed by atoms with Crippen LogP contribution in [0.1, 0.15) is 31.0 Å². The van der Waals surface area contributed by atoms with Gasteiger partial charge in [0, 0.05) is 18.2 Å². The topological polar surface area (TPSA) is 67.6 Å². The molecule has 0 bridgehead atoms. The summed E-state index contributed by atoms with van der Waals surface area (Å²) in [6, 6.07) is 2.28. The molecule has 78 valence electrons. The smallest absolute Gasteiger partial charge is 0.110 e. The van der Waals surface area contributed by atoms with Crippen LogP contribution >= 0.6 is 0 Å². The van der Waals surface area contributed by atoms with Gasteiger partial charge in [0.2, 0.25) is 0 Å². The van der Waals surface area contributed by atoms with Crippen molar-refractivity contribution in [2.75, 3.05) is 0 Å². The van der Waals surface area contributed by atoms with Crippen molar-refractivity contribution in [2.24, 2.45) is 5.73 Å². The Morgan fingerprint density at radius 3 is 3.07 bits per heavy atom.